The third-order valence-corrected chi connectivity index (χ3v) is 4.20. The van der Waals surface area contributed by atoms with E-state index in [-0.39, 0.29) is 28.7 Å². The van der Waals surface area contributed by atoms with Crippen molar-refractivity contribution in [2.75, 3.05) is 12.0 Å². The zero-order valence-electron chi connectivity index (χ0n) is 11.1. The third-order valence-electron chi connectivity index (χ3n) is 2.99. The van der Waals surface area contributed by atoms with Gasteiger partial charge in [-0.25, -0.2) is 13.2 Å². The molecule has 0 bridgehead atoms. The Hall–Kier alpha value is -1.61. The normalized spacial score (nSPS) is 12.2. The molecule has 2 rings (SSSR count). The summed E-state index contributed by atoms with van der Waals surface area (Å²) in [5.41, 5.74) is -0.831. The summed E-state index contributed by atoms with van der Waals surface area (Å²) in [6.07, 6.45) is 1.09. The van der Waals surface area contributed by atoms with Gasteiger partial charge in [0.05, 0.1) is 5.75 Å². The summed E-state index contributed by atoms with van der Waals surface area (Å²) in [6, 6.07) is 0. The Morgan fingerprint density at radius 1 is 1.20 bits per heavy atom. The van der Waals surface area contributed by atoms with Crippen LogP contribution in [0.5, 0.6) is 0 Å². The molecule has 2 heterocycles. The Kier molecular flexibility index (Phi) is 3.51. The van der Waals surface area contributed by atoms with E-state index in [4.69, 9.17) is 11.6 Å². The molecule has 0 aliphatic rings. The zero-order valence-corrected chi connectivity index (χ0v) is 12.7. The van der Waals surface area contributed by atoms with E-state index in [2.05, 4.69) is 4.98 Å². The van der Waals surface area contributed by atoms with Gasteiger partial charge in [-0.05, 0) is 11.6 Å². The van der Waals surface area contributed by atoms with Crippen molar-refractivity contribution in [2.24, 2.45) is 14.1 Å². The molecular formula is C10H13ClN4O4S. The van der Waals surface area contributed by atoms with E-state index in [1.807, 2.05) is 0 Å². The smallest absolute Gasteiger partial charge is 0.308 e. The average molecular weight is 321 g/mol. The second kappa shape index (κ2) is 4.74. The molecule has 0 aromatic carbocycles. The van der Waals surface area contributed by atoms with E-state index < -0.39 is 21.1 Å². The van der Waals surface area contributed by atoms with Crippen LogP contribution in [-0.2, 0) is 30.5 Å². The van der Waals surface area contributed by atoms with Gasteiger partial charge in [-0.2, -0.15) is 4.98 Å². The molecule has 0 amide bonds. The number of hydrogen-bond donors (Lipinski definition) is 0. The number of fused-ring (bicyclic) bond motifs is 1. The highest BCUT2D eigenvalue weighted by atomic mass is 35.5. The maximum atomic E-state index is 12.1. The second-order valence-corrected chi connectivity index (χ2v) is 7.14. The largest absolute Gasteiger partial charge is 0.332 e. The minimum atomic E-state index is -3.21. The highest BCUT2D eigenvalue weighted by molar-refractivity contribution is 7.90. The van der Waals surface area contributed by atoms with Crippen LogP contribution in [0.3, 0.4) is 0 Å². The first-order valence-electron chi connectivity index (χ1n) is 5.63. The van der Waals surface area contributed by atoms with Crippen LogP contribution in [0.25, 0.3) is 11.2 Å². The summed E-state index contributed by atoms with van der Waals surface area (Å²) in [6.45, 7) is 0.00160. The van der Waals surface area contributed by atoms with Gasteiger partial charge in [-0.3, -0.25) is 13.9 Å². The molecule has 0 atom stereocenters. The molecule has 2 aromatic heterocycles. The fourth-order valence-corrected chi connectivity index (χ4v) is 2.64. The summed E-state index contributed by atoms with van der Waals surface area (Å²) in [5, 5.41) is -0.0260. The molecule has 0 N–H and O–H groups in total. The van der Waals surface area contributed by atoms with Crippen molar-refractivity contribution in [2.45, 2.75) is 6.54 Å². The van der Waals surface area contributed by atoms with Gasteiger partial charge >= 0.3 is 5.69 Å². The molecular weight excluding hydrogens is 308 g/mol. The SMILES string of the molecule is Cn1c(=O)c2c(nc(Cl)n2CCS(C)(=O)=O)n(C)c1=O. The number of nitrogens with zero attached hydrogens (tertiary/aromatic N) is 4. The van der Waals surface area contributed by atoms with E-state index >= 15 is 0 Å². The van der Waals surface area contributed by atoms with E-state index in [1.54, 1.807) is 0 Å². The van der Waals surface area contributed by atoms with Gasteiger partial charge in [0.25, 0.3) is 5.56 Å². The minimum absolute atomic E-state index is 0.00160. The number of hydrogen-bond acceptors (Lipinski definition) is 5. The van der Waals surface area contributed by atoms with Crippen molar-refractivity contribution >= 4 is 32.6 Å². The predicted octanol–water partition coefficient (Wildman–Crippen LogP) is -0.868. The van der Waals surface area contributed by atoms with E-state index in [1.165, 1.54) is 23.2 Å². The summed E-state index contributed by atoms with van der Waals surface area (Å²) >= 11 is 5.94. The molecule has 0 saturated carbocycles. The molecule has 0 fully saturated rings. The summed E-state index contributed by atoms with van der Waals surface area (Å²) in [5.74, 6) is -0.176. The van der Waals surface area contributed by atoms with Gasteiger partial charge in [-0.1, -0.05) is 0 Å². The lowest BCUT2D eigenvalue weighted by atomic mass is 10.5. The van der Waals surface area contributed by atoms with Gasteiger partial charge < -0.3 is 4.57 Å². The standard InChI is InChI=1S/C10H13ClN4O4S/c1-13-7-6(8(16)14(2)10(13)17)15(9(11)12-7)4-5-20(3,18)19/h4-5H2,1-3H3. The van der Waals surface area contributed by atoms with Crippen molar-refractivity contribution < 1.29 is 8.42 Å². The molecule has 0 spiro atoms. The molecule has 0 radical (unpaired) electrons. The number of aryl methyl sites for hydroxylation is 2. The Bertz CT molecular complexity index is 906. The van der Waals surface area contributed by atoms with Crippen molar-refractivity contribution in [1.82, 2.24) is 18.7 Å². The van der Waals surface area contributed by atoms with Gasteiger partial charge in [-0.15, -0.1) is 0 Å². The Morgan fingerprint density at radius 2 is 1.80 bits per heavy atom. The second-order valence-electron chi connectivity index (χ2n) is 4.54. The van der Waals surface area contributed by atoms with Crippen LogP contribution in [-0.4, -0.2) is 39.1 Å². The van der Waals surface area contributed by atoms with Crippen LogP contribution in [0.2, 0.25) is 5.28 Å². The molecule has 110 valence electrons. The first-order valence-corrected chi connectivity index (χ1v) is 8.07. The molecule has 0 aliphatic heterocycles. The molecule has 0 aliphatic carbocycles. The number of sulfone groups is 1. The summed E-state index contributed by atoms with van der Waals surface area (Å²) in [4.78, 5) is 27.9. The monoisotopic (exact) mass is 320 g/mol. The third kappa shape index (κ3) is 2.38. The van der Waals surface area contributed by atoms with Crippen LogP contribution in [0, 0.1) is 0 Å². The lowest BCUT2D eigenvalue weighted by Crippen LogP contribution is -2.37. The van der Waals surface area contributed by atoms with Crippen LogP contribution < -0.4 is 11.2 Å². The quantitative estimate of drug-likeness (QED) is 0.685. The van der Waals surface area contributed by atoms with Gasteiger partial charge in [0, 0.05) is 26.9 Å². The van der Waals surface area contributed by atoms with Crippen LogP contribution in [0.4, 0.5) is 0 Å². The Balaban J connectivity index is 2.77. The lowest BCUT2D eigenvalue weighted by molar-refractivity contribution is 0.595. The van der Waals surface area contributed by atoms with Crippen LogP contribution in [0.1, 0.15) is 0 Å². The number of halogens is 1. The Labute approximate surface area is 119 Å². The van der Waals surface area contributed by atoms with Crippen molar-refractivity contribution in [3.05, 3.63) is 26.1 Å². The molecule has 10 heteroatoms. The molecule has 0 saturated heterocycles. The first-order chi connectivity index (χ1) is 9.13. The van der Waals surface area contributed by atoms with Gasteiger partial charge in [0.1, 0.15) is 9.84 Å². The molecule has 8 nitrogen and oxygen atoms in total. The topological polar surface area (TPSA) is 96.0 Å². The van der Waals surface area contributed by atoms with E-state index in [0.29, 0.717) is 0 Å². The minimum Gasteiger partial charge on any atom is -0.308 e. The highest BCUT2D eigenvalue weighted by Crippen LogP contribution is 2.15. The summed E-state index contributed by atoms with van der Waals surface area (Å²) in [7, 11) is -0.406. The average Bonchev–Trinajstić information content (AvgIpc) is 2.67. The lowest BCUT2D eigenvalue weighted by Gasteiger charge is -2.06. The molecule has 2 aromatic rings. The number of rotatable bonds is 3. The highest BCUT2D eigenvalue weighted by Gasteiger charge is 2.18. The maximum Gasteiger partial charge on any atom is 0.332 e. The van der Waals surface area contributed by atoms with Crippen molar-refractivity contribution in [3.63, 3.8) is 0 Å². The van der Waals surface area contributed by atoms with Crippen LogP contribution >= 0.6 is 11.6 Å². The van der Waals surface area contributed by atoms with Gasteiger partial charge in [0.15, 0.2) is 11.2 Å². The Morgan fingerprint density at radius 3 is 2.35 bits per heavy atom. The number of imidazole rings is 1. The molecule has 0 unspecified atom stereocenters. The first kappa shape index (κ1) is 14.8. The summed E-state index contributed by atoms with van der Waals surface area (Å²) < 4.78 is 25.9. The van der Waals surface area contributed by atoms with E-state index in [9.17, 15) is 18.0 Å². The van der Waals surface area contributed by atoms with Crippen molar-refractivity contribution in [1.29, 1.82) is 0 Å². The van der Waals surface area contributed by atoms with E-state index in [0.717, 1.165) is 10.8 Å². The number of aromatic nitrogens is 4. The fourth-order valence-electron chi connectivity index (χ4n) is 1.88. The van der Waals surface area contributed by atoms with Gasteiger partial charge in [0.2, 0.25) is 5.28 Å². The fraction of sp³-hybridized carbons (Fsp3) is 0.500. The van der Waals surface area contributed by atoms with Crippen molar-refractivity contribution in [3.8, 4) is 0 Å². The maximum absolute atomic E-state index is 12.1. The van der Waals surface area contributed by atoms with Crippen LogP contribution in [0.15, 0.2) is 9.59 Å². The molecule has 20 heavy (non-hydrogen) atoms. The predicted molar refractivity (Wildman–Crippen MR) is 74.9 cm³/mol. The zero-order chi connectivity index (χ0) is 15.2.